The van der Waals surface area contributed by atoms with Gasteiger partial charge in [-0.05, 0) is 81.6 Å². The van der Waals surface area contributed by atoms with Gasteiger partial charge in [0.05, 0.1) is 12.7 Å². The van der Waals surface area contributed by atoms with Crippen molar-refractivity contribution in [3.8, 4) is 5.75 Å². The Morgan fingerprint density at radius 1 is 1.00 bits per heavy atom. The van der Waals surface area contributed by atoms with E-state index in [0.717, 1.165) is 44.5 Å². The molecule has 1 aromatic carbocycles. The molecule has 2 fully saturated rings. The Hall–Kier alpha value is -0.770. The lowest BCUT2D eigenvalue weighted by Gasteiger charge is -2.25. The van der Waals surface area contributed by atoms with Gasteiger partial charge in [0.1, 0.15) is 5.75 Å². The van der Waals surface area contributed by atoms with Crippen LogP contribution in [0.3, 0.4) is 0 Å². The van der Waals surface area contributed by atoms with Crippen LogP contribution in [0.2, 0.25) is 0 Å². The van der Waals surface area contributed by atoms with Gasteiger partial charge in [0.15, 0.2) is 0 Å². The Morgan fingerprint density at radius 2 is 1.65 bits per heavy atom. The van der Waals surface area contributed by atoms with E-state index < -0.39 is 0 Å². The first-order chi connectivity index (χ1) is 10.8. The predicted molar refractivity (Wildman–Crippen MR) is 96.7 cm³/mol. The SMILES string of the molecule is Cl.OC1CCC(c2ccc(OCCCN3CCCC3)cc2)CC1. The second-order valence-corrected chi connectivity index (χ2v) is 6.83. The standard InChI is InChI=1S/C19H29NO2.ClH/c21-18-8-4-16(5-9-18)17-6-10-19(11-7-17)22-15-3-14-20-12-1-2-13-20;/h6-7,10-11,16,18,21H,1-5,8-9,12-15H2;1H. The maximum atomic E-state index is 9.59. The molecule has 130 valence electrons. The molecule has 0 spiro atoms. The van der Waals surface area contributed by atoms with Crippen molar-refractivity contribution in [3.05, 3.63) is 29.8 Å². The van der Waals surface area contributed by atoms with E-state index >= 15 is 0 Å². The fraction of sp³-hybridized carbons (Fsp3) is 0.684. The summed E-state index contributed by atoms with van der Waals surface area (Å²) in [5.41, 5.74) is 1.40. The fourth-order valence-electron chi connectivity index (χ4n) is 3.73. The first kappa shape index (κ1) is 18.6. The Balaban J connectivity index is 0.00000192. The van der Waals surface area contributed by atoms with Gasteiger partial charge < -0.3 is 14.7 Å². The minimum Gasteiger partial charge on any atom is -0.494 e. The topological polar surface area (TPSA) is 32.7 Å². The lowest BCUT2D eigenvalue weighted by molar-refractivity contribution is 0.122. The van der Waals surface area contributed by atoms with Gasteiger partial charge in [-0.3, -0.25) is 0 Å². The van der Waals surface area contributed by atoms with Gasteiger partial charge >= 0.3 is 0 Å². The monoisotopic (exact) mass is 339 g/mol. The molecule has 1 saturated heterocycles. The summed E-state index contributed by atoms with van der Waals surface area (Å²) in [5, 5.41) is 9.59. The number of halogens is 1. The number of aliphatic hydroxyl groups is 1. The molecule has 0 aromatic heterocycles. The van der Waals surface area contributed by atoms with Gasteiger partial charge in [0.2, 0.25) is 0 Å². The zero-order valence-corrected chi connectivity index (χ0v) is 14.8. The number of benzene rings is 1. The zero-order chi connectivity index (χ0) is 15.2. The van der Waals surface area contributed by atoms with Crippen molar-refractivity contribution >= 4 is 12.4 Å². The summed E-state index contributed by atoms with van der Waals surface area (Å²) >= 11 is 0. The first-order valence-corrected chi connectivity index (χ1v) is 8.94. The van der Waals surface area contributed by atoms with Crippen LogP contribution in [0.4, 0.5) is 0 Å². The second-order valence-electron chi connectivity index (χ2n) is 6.83. The summed E-state index contributed by atoms with van der Waals surface area (Å²) in [5.74, 6) is 1.61. The molecule has 0 atom stereocenters. The van der Waals surface area contributed by atoms with Gasteiger partial charge in [0.25, 0.3) is 0 Å². The van der Waals surface area contributed by atoms with Crippen LogP contribution in [-0.2, 0) is 0 Å². The molecule has 1 saturated carbocycles. The molecule has 4 heteroatoms. The molecule has 3 rings (SSSR count). The maximum absolute atomic E-state index is 9.59. The van der Waals surface area contributed by atoms with Gasteiger partial charge in [0, 0.05) is 6.54 Å². The van der Waals surface area contributed by atoms with Gasteiger partial charge in [-0.25, -0.2) is 0 Å². The molecule has 3 nitrogen and oxygen atoms in total. The highest BCUT2D eigenvalue weighted by molar-refractivity contribution is 5.85. The highest BCUT2D eigenvalue weighted by Gasteiger charge is 2.20. The van der Waals surface area contributed by atoms with E-state index in [1.54, 1.807) is 0 Å². The van der Waals surface area contributed by atoms with E-state index in [4.69, 9.17) is 4.74 Å². The number of hydrogen-bond acceptors (Lipinski definition) is 3. The van der Waals surface area contributed by atoms with Crippen molar-refractivity contribution in [1.82, 2.24) is 4.90 Å². The third kappa shape index (κ3) is 5.66. The lowest BCUT2D eigenvalue weighted by Crippen LogP contribution is -2.21. The minimum atomic E-state index is -0.0746. The summed E-state index contributed by atoms with van der Waals surface area (Å²) in [6.45, 7) is 4.52. The summed E-state index contributed by atoms with van der Waals surface area (Å²) in [4.78, 5) is 2.53. The Labute approximate surface area is 146 Å². The Morgan fingerprint density at radius 3 is 2.30 bits per heavy atom. The van der Waals surface area contributed by atoms with E-state index in [-0.39, 0.29) is 18.5 Å². The van der Waals surface area contributed by atoms with Crippen molar-refractivity contribution in [2.24, 2.45) is 0 Å². The molecule has 1 aliphatic heterocycles. The molecule has 0 amide bonds. The molecular weight excluding hydrogens is 310 g/mol. The van der Waals surface area contributed by atoms with Crippen LogP contribution in [0.1, 0.15) is 56.4 Å². The van der Waals surface area contributed by atoms with Crippen molar-refractivity contribution < 1.29 is 9.84 Å². The number of aliphatic hydroxyl groups excluding tert-OH is 1. The number of rotatable bonds is 6. The van der Waals surface area contributed by atoms with Crippen LogP contribution >= 0.6 is 12.4 Å². The smallest absolute Gasteiger partial charge is 0.119 e. The average molecular weight is 340 g/mol. The van der Waals surface area contributed by atoms with E-state index in [9.17, 15) is 5.11 Å². The van der Waals surface area contributed by atoms with Crippen LogP contribution in [-0.4, -0.2) is 42.4 Å². The van der Waals surface area contributed by atoms with Crippen LogP contribution in [0.5, 0.6) is 5.75 Å². The molecule has 0 bridgehead atoms. The van der Waals surface area contributed by atoms with Crippen molar-refractivity contribution in [2.75, 3.05) is 26.2 Å². The van der Waals surface area contributed by atoms with Gasteiger partial charge in [-0.15, -0.1) is 12.4 Å². The van der Waals surface area contributed by atoms with Crippen molar-refractivity contribution in [2.45, 2.75) is 57.0 Å². The van der Waals surface area contributed by atoms with E-state index in [2.05, 4.69) is 29.2 Å². The van der Waals surface area contributed by atoms with Crippen LogP contribution in [0.25, 0.3) is 0 Å². The van der Waals surface area contributed by atoms with Crippen molar-refractivity contribution in [3.63, 3.8) is 0 Å². The fourth-order valence-corrected chi connectivity index (χ4v) is 3.73. The maximum Gasteiger partial charge on any atom is 0.119 e. The quantitative estimate of drug-likeness (QED) is 0.795. The van der Waals surface area contributed by atoms with Crippen LogP contribution in [0, 0.1) is 0 Å². The molecule has 23 heavy (non-hydrogen) atoms. The predicted octanol–water partition coefficient (Wildman–Crippen LogP) is 3.99. The van der Waals surface area contributed by atoms with Crippen LogP contribution in [0.15, 0.2) is 24.3 Å². The molecule has 1 aliphatic carbocycles. The average Bonchev–Trinajstić information content (AvgIpc) is 3.06. The highest BCUT2D eigenvalue weighted by Crippen LogP contribution is 2.33. The largest absolute Gasteiger partial charge is 0.494 e. The molecule has 1 heterocycles. The Bertz CT molecular complexity index is 437. The zero-order valence-electron chi connectivity index (χ0n) is 14.0. The third-order valence-electron chi connectivity index (χ3n) is 5.13. The van der Waals surface area contributed by atoms with Crippen molar-refractivity contribution in [1.29, 1.82) is 0 Å². The molecule has 1 N–H and O–H groups in total. The number of nitrogens with zero attached hydrogens (tertiary/aromatic N) is 1. The molecule has 0 radical (unpaired) electrons. The Kier molecular flexibility index (Phi) is 7.68. The second kappa shape index (κ2) is 9.51. The molecule has 0 unspecified atom stereocenters. The summed E-state index contributed by atoms with van der Waals surface area (Å²) in [6.07, 6.45) is 7.87. The highest BCUT2D eigenvalue weighted by atomic mass is 35.5. The minimum absolute atomic E-state index is 0. The molecule has 2 aliphatic rings. The third-order valence-corrected chi connectivity index (χ3v) is 5.13. The number of likely N-dealkylation sites (tertiary alicyclic amines) is 1. The first-order valence-electron chi connectivity index (χ1n) is 8.94. The molecular formula is C19H30ClNO2. The number of ether oxygens (including phenoxy) is 1. The van der Waals surface area contributed by atoms with Crippen LogP contribution < -0.4 is 4.74 Å². The van der Waals surface area contributed by atoms with E-state index in [1.807, 2.05) is 0 Å². The van der Waals surface area contributed by atoms with E-state index in [0.29, 0.717) is 5.92 Å². The lowest BCUT2D eigenvalue weighted by atomic mass is 9.83. The van der Waals surface area contributed by atoms with Gasteiger partial charge in [-0.2, -0.15) is 0 Å². The number of hydrogen-bond donors (Lipinski definition) is 1. The molecule has 1 aromatic rings. The normalized spacial score (nSPS) is 25.1. The summed E-state index contributed by atoms with van der Waals surface area (Å²) in [6, 6.07) is 8.63. The summed E-state index contributed by atoms with van der Waals surface area (Å²) < 4.78 is 5.86. The van der Waals surface area contributed by atoms with Gasteiger partial charge in [-0.1, -0.05) is 12.1 Å². The van der Waals surface area contributed by atoms with E-state index in [1.165, 1.54) is 38.0 Å². The summed E-state index contributed by atoms with van der Waals surface area (Å²) in [7, 11) is 0.